The van der Waals surface area contributed by atoms with Gasteiger partial charge in [0.1, 0.15) is 23.5 Å². The molecule has 2 atom stereocenters. The first-order valence-electron chi connectivity index (χ1n) is 13.0. The van der Waals surface area contributed by atoms with E-state index in [1.54, 1.807) is 0 Å². The van der Waals surface area contributed by atoms with Gasteiger partial charge in [-0.2, -0.15) is 9.13 Å². The molecule has 4 heteroatoms. The van der Waals surface area contributed by atoms with E-state index in [0.29, 0.717) is 12.1 Å². The Labute approximate surface area is 211 Å². The van der Waals surface area contributed by atoms with Crippen molar-refractivity contribution in [3.8, 4) is 11.4 Å². The standard InChI is InChI=1S/C32H30N4/c1-3-13-25(14-4-1)33-23-35(29-19-9-7-17-27(29)33)31-21-11-12-22-32(31)36-24-34(26-15-5-2-6-16-26)28-18-8-10-20-30(28)36/h1-10,13-20,23-24,31-32H,11-12,21-22H2/q+2/t31-,32-/m1/s1. The molecule has 2 aromatic heterocycles. The fraction of sp³-hybridized carbons (Fsp3) is 0.188. The van der Waals surface area contributed by atoms with Crippen LogP contribution in [0.5, 0.6) is 0 Å². The SMILES string of the molecule is c1ccc(-n2c[n+]([C@@H]3CCCC[C@H]3[n+]3cn(-c4ccccc4)c4ccccc43)c3ccccc32)cc1. The van der Waals surface area contributed by atoms with Crippen LogP contribution in [0.15, 0.2) is 122 Å². The number of para-hydroxylation sites is 6. The van der Waals surface area contributed by atoms with Crippen molar-refractivity contribution in [3.63, 3.8) is 0 Å². The Hall–Kier alpha value is -4.18. The average molecular weight is 471 g/mol. The van der Waals surface area contributed by atoms with Crippen LogP contribution in [0.25, 0.3) is 33.4 Å². The molecule has 0 unspecified atom stereocenters. The zero-order chi connectivity index (χ0) is 23.9. The van der Waals surface area contributed by atoms with Crippen molar-refractivity contribution in [2.75, 3.05) is 0 Å². The first-order valence-corrected chi connectivity index (χ1v) is 13.0. The van der Waals surface area contributed by atoms with E-state index in [1.165, 1.54) is 59.1 Å². The van der Waals surface area contributed by atoms with Gasteiger partial charge < -0.3 is 0 Å². The summed E-state index contributed by atoms with van der Waals surface area (Å²) in [6.45, 7) is 0. The highest BCUT2D eigenvalue weighted by Gasteiger charge is 2.38. The zero-order valence-corrected chi connectivity index (χ0v) is 20.3. The number of fused-ring (bicyclic) bond motifs is 2. The van der Waals surface area contributed by atoms with Gasteiger partial charge in [-0.15, -0.1) is 0 Å². The van der Waals surface area contributed by atoms with Gasteiger partial charge in [-0.3, -0.25) is 0 Å². The molecule has 36 heavy (non-hydrogen) atoms. The lowest BCUT2D eigenvalue weighted by molar-refractivity contribution is -0.798. The van der Waals surface area contributed by atoms with Gasteiger partial charge in [-0.1, -0.05) is 60.7 Å². The lowest BCUT2D eigenvalue weighted by Gasteiger charge is -2.27. The van der Waals surface area contributed by atoms with Gasteiger partial charge in [0.2, 0.25) is 12.7 Å². The number of aromatic nitrogens is 4. The summed E-state index contributed by atoms with van der Waals surface area (Å²) in [6.07, 6.45) is 9.54. The van der Waals surface area contributed by atoms with Crippen molar-refractivity contribution in [1.29, 1.82) is 0 Å². The topological polar surface area (TPSA) is 17.6 Å². The van der Waals surface area contributed by atoms with Gasteiger partial charge in [-0.05, 0) is 74.2 Å². The zero-order valence-electron chi connectivity index (χ0n) is 20.3. The number of hydrogen-bond donors (Lipinski definition) is 0. The van der Waals surface area contributed by atoms with Gasteiger partial charge in [-0.25, -0.2) is 9.13 Å². The summed E-state index contributed by atoms with van der Waals surface area (Å²) >= 11 is 0. The Morgan fingerprint density at radius 3 is 1.31 bits per heavy atom. The van der Waals surface area contributed by atoms with Crippen LogP contribution in [0.4, 0.5) is 0 Å². The van der Waals surface area contributed by atoms with Gasteiger partial charge in [0, 0.05) is 0 Å². The Bertz CT molecular complexity index is 1520. The molecule has 1 aliphatic carbocycles. The van der Waals surface area contributed by atoms with Crippen molar-refractivity contribution < 1.29 is 9.13 Å². The highest BCUT2D eigenvalue weighted by molar-refractivity contribution is 5.75. The van der Waals surface area contributed by atoms with E-state index in [9.17, 15) is 0 Å². The predicted molar refractivity (Wildman–Crippen MR) is 143 cm³/mol. The van der Waals surface area contributed by atoms with Crippen LogP contribution < -0.4 is 9.13 Å². The summed E-state index contributed by atoms with van der Waals surface area (Å²) in [6, 6.07) is 39.8. The normalized spacial score (nSPS) is 18.1. The third-order valence-corrected chi connectivity index (χ3v) is 7.80. The monoisotopic (exact) mass is 470 g/mol. The molecule has 6 aromatic rings. The minimum atomic E-state index is 0.383. The fourth-order valence-electron chi connectivity index (χ4n) is 6.13. The smallest absolute Gasteiger partial charge is 0.222 e. The molecule has 4 nitrogen and oxygen atoms in total. The van der Waals surface area contributed by atoms with E-state index in [0.717, 1.165) is 0 Å². The first kappa shape index (κ1) is 21.1. The lowest BCUT2D eigenvalue weighted by Crippen LogP contribution is -2.53. The van der Waals surface area contributed by atoms with E-state index in [1.807, 2.05) is 0 Å². The number of benzene rings is 4. The fourth-order valence-corrected chi connectivity index (χ4v) is 6.13. The Morgan fingerprint density at radius 2 is 0.861 bits per heavy atom. The number of hydrogen-bond acceptors (Lipinski definition) is 0. The van der Waals surface area contributed by atoms with Crippen LogP contribution in [0.3, 0.4) is 0 Å². The molecule has 4 aromatic carbocycles. The molecule has 1 aliphatic rings. The molecule has 2 heterocycles. The van der Waals surface area contributed by atoms with Crippen molar-refractivity contribution in [2.24, 2.45) is 0 Å². The highest BCUT2D eigenvalue weighted by atomic mass is 15.2. The molecular weight excluding hydrogens is 440 g/mol. The molecule has 0 bridgehead atoms. The average Bonchev–Trinajstić information content (AvgIpc) is 3.54. The van der Waals surface area contributed by atoms with Crippen molar-refractivity contribution in [3.05, 3.63) is 122 Å². The number of rotatable bonds is 4. The maximum Gasteiger partial charge on any atom is 0.250 e. The van der Waals surface area contributed by atoms with Gasteiger partial charge in [0.15, 0.2) is 22.1 Å². The van der Waals surface area contributed by atoms with E-state index in [2.05, 4.69) is 140 Å². The molecule has 0 spiro atoms. The largest absolute Gasteiger partial charge is 0.250 e. The van der Waals surface area contributed by atoms with E-state index in [4.69, 9.17) is 0 Å². The third kappa shape index (κ3) is 3.44. The molecule has 176 valence electrons. The molecule has 1 fully saturated rings. The van der Waals surface area contributed by atoms with Crippen LogP contribution in [-0.2, 0) is 0 Å². The van der Waals surface area contributed by atoms with Gasteiger partial charge >= 0.3 is 0 Å². The van der Waals surface area contributed by atoms with Crippen LogP contribution in [0.1, 0.15) is 37.8 Å². The van der Waals surface area contributed by atoms with E-state index in [-0.39, 0.29) is 0 Å². The maximum absolute atomic E-state index is 2.55. The van der Waals surface area contributed by atoms with Gasteiger partial charge in [0.25, 0.3) is 0 Å². The third-order valence-electron chi connectivity index (χ3n) is 7.80. The summed E-state index contributed by atoms with van der Waals surface area (Å²) in [7, 11) is 0. The summed E-state index contributed by atoms with van der Waals surface area (Å²) in [4.78, 5) is 0. The second-order valence-corrected chi connectivity index (χ2v) is 9.85. The van der Waals surface area contributed by atoms with Crippen molar-refractivity contribution in [2.45, 2.75) is 37.8 Å². The molecule has 0 aliphatic heterocycles. The molecule has 0 saturated heterocycles. The number of imidazole rings is 2. The second-order valence-electron chi connectivity index (χ2n) is 9.85. The Morgan fingerprint density at radius 1 is 0.472 bits per heavy atom. The van der Waals surface area contributed by atoms with Crippen LogP contribution in [0.2, 0.25) is 0 Å². The molecule has 0 amide bonds. The van der Waals surface area contributed by atoms with Crippen LogP contribution in [-0.4, -0.2) is 9.13 Å². The van der Waals surface area contributed by atoms with Crippen molar-refractivity contribution >= 4 is 22.1 Å². The van der Waals surface area contributed by atoms with E-state index < -0.39 is 0 Å². The van der Waals surface area contributed by atoms with E-state index >= 15 is 0 Å². The lowest BCUT2D eigenvalue weighted by atomic mass is 9.89. The van der Waals surface area contributed by atoms with Crippen molar-refractivity contribution in [1.82, 2.24) is 9.13 Å². The summed E-state index contributed by atoms with van der Waals surface area (Å²) in [5.41, 5.74) is 7.51. The highest BCUT2D eigenvalue weighted by Crippen LogP contribution is 2.34. The minimum absolute atomic E-state index is 0.383. The quantitative estimate of drug-likeness (QED) is 0.262. The van der Waals surface area contributed by atoms with Gasteiger partial charge in [0.05, 0.1) is 0 Å². The summed E-state index contributed by atoms with van der Waals surface area (Å²) < 4.78 is 9.79. The second kappa shape index (κ2) is 8.80. The minimum Gasteiger partial charge on any atom is -0.222 e. The Balaban J connectivity index is 1.40. The van der Waals surface area contributed by atoms with Crippen LogP contribution >= 0.6 is 0 Å². The summed E-state index contributed by atoms with van der Waals surface area (Å²) in [5.74, 6) is 0. The molecular formula is C32H30N4+2. The first-order chi connectivity index (χ1) is 17.9. The maximum atomic E-state index is 2.55. The molecule has 7 rings (SSSR count). The number of nitrogens with zero attached hydrogens (tertiary/aromatic N) is 4. The van der Waals surface area contributed by atoms with Crippen LogP contribution in [0, 0.1) is 0 Å². The Kier molecular flexibility index (Phi) is 5.16. The molecule has 1 saturated carbocycles. The molecule has 0 N–H and O–H groups in total. The molecule has 0 radical (unpaired) electrons. The predicted octanol–water partition coefficient (Wildman–Crippen LogP) is 6.51. The summed E-state index contributed by atoms with van der Waals surface area (Å²) in [5, 5.41) is 0.